The van der Waals surface area contributed by atoms with Crippen molar-refractivity contribution in [2.45, 2.75) is 32.4 Å². The monoisotopic (exact) mass is 431 g/mol. The molecule has 0 unspecified atom stereocenters. The lowest BCUT2D eigenvalue weighted by Gasteiger charge is -2.32. The summed E-state index contributed by atoms with van der Waals surface area (Å²) in [6.07, 6.45) is 3.59. The average molecular weight is 432 g/mol. The van der Waals surface area contributed by atoms with Crippen molar-refractivity contribution in [2.75, 3.05) is 19.7 Å². The van der Waals surface area contributed by atoms with Crippen LogP contribution >= 0.6 is 0 Å². The van der Waals surface area contributed by atoms with E-state index >= 15 is 0 Å². The SMILES string of the molecule is Cc1ccccc1CN1CCC(NC(=O)COc2ccc(Oc3ccccn3)cc2)CC1. The number of nitrogens with zero attached hydrogens (tertiary/aromatic N) is 2. The van der Waals surface area contributed by atoms with E-state index in [1.165, 1.54) is 11.1 Å². The number of nitrogens with one attached hydrogen (secondary N) is 1. The Morgan fingerprint density at radius 1 is 1.00 bits per heavy atom. The van der Waals surface area contributed by atoms with Gasteiger partial charge in [0.1, 0.15) is 11.5 Å². The van der Waals surface area contributed by atoms with E-state index in [1.54, 1.807) is 36.5 Å². The number of hydrogen-bond donors (Lipinski definition) is 1. The maximum Gasteiger partial charge on any atom is 0.258 e. The van der Waals surface area contributed by atoms with Crippen molar-refractivity contribution in [1.82, 2.24) is 15.2 Å². The first-order chi connectivity index (χ1) is 15.7. The van der Waals surface area contributed by atoms with Crippen LogP contribution in [0.3, 0.4) is 0 Å². The maximum absolute atomic E-state index is 12.3. The summed E-state index contributed by atoms with van der Waals surface area (Å²) in [6, 6.07) is 21.4. The number of amides is 1. The van der Waals surface area contributed by atoms with Crippen molar-refractivity contribution in [3.8, 4) is 17.4 Å². The van der Waals surface area contributed by atoms with Crippen LogP contribution in [-0.2, 0) is 11.3 Å². The minimum absolute atomic E-state index is 0.00384. The second-order valence-corrected chi connectivity index (χ2v) is 8.07. The number of pyridine rings is 1. The number of aryl methyl sites for hydroxylation is 1. The standard InChI is InChI=1S/C26H29N3O3/c1-20-6-2-3-7-21(20)18-29-16-13-22(14-17-29)28-25(30)19-31-23-9-11-24(12-10-23)32-26-8-4-5-15-27-26/h2-12,15,22H,13-14,16-19H2,1H3,(H,28,30). The van der Waals surface area contributed by atoms with Crippen LogP contribution in [0.25, 0.3) is 0 Å². The van der Waals surface area contributed by atoms with Crippen molar-refractivity contribution in [3.63, 3.8) is 0 Å². The van der Waals surface area contributed by atoms with Gasteiger partial charge in [0.05, 0.1) is 0 Å². The lowest BCUT2D eigenvalue weighted by atomic mass is 10.0. The van der Waals surface area contributed by atoms with Crippen molar-refractivity contribution in [1.29, 1.82) is 0 Å². The number of ether oxygens (including phenoxy) is 2. The molecule has 32 heavy (non-hydrogen) atoms. The van der Waals surface area contributed by atoms with Crippen molar-refractivity contribution in [2.24, 2.45) is 0 Å². The van der Waals surface area contributed by atoms with E-state index in [4.69, 9.17) is 9.47 Å². The van der Waals surface area contributed by atoms with Crippen LogP contribution in [-0.4, -0.2) is 41.5 Å². The Kier molecular flexibility index (Phi) is 7.35. The Morgan fingerprint density at radius 3 is 2.44 bits per heavy atom. The molecule has 0 bridgehead atoms. The third kappa shape index (κ3) is 6.31. The van der Waals surface area contributed by atoms with Gasteiger partial charge in [-0.15, -0.1) is 0 Å². The molecule has 4 rings (SSSR count). The van der Waals surface area contributed by atoms with Gasteiger partial charge in [0, 0.05) is 37.9 Å². The minimum atomic E-state index is -0.0869. The molecule has 2 aromatic carbocycles. The Labute approximate surface area is 189 Å². The molecule has 0 aliphatic carbocycles. The normalized spacial score (nSPS) is 14.7. The fourth-order valence-corrected chi connectivity index (χ4v) is 3.81. The highest BCUT2D eigenvalue weighted by molar-refractivity contribution is 5.77. The first kappa shape index (κ1) is 21.8. The largest absolute Gasteiger partial charge is 0.484 e. The number of carbonyl (C=O) groups is 1. The molecule has 0 radical (unpaired) electrons. The van der Waals surface area contributed by atoms with E-state index in [-0.39, 0.29) is 18.6 Å². The topological polar surface area (TPSA) is 63.7 Å². The lowest BCUT2D eigenvalue weighted by Crippen LogP contribution is -2.45. The summed E-state index contributed by atoms with van der Waals surface area (Å²) >= 11 is 0. The van der Waals surface area contributed by atoms with Gasteiger partial charge >= 0.3 is 0 Å². The number of likely N-dealkylation sites (tertiary alicyclic amines) is 1. The summed E-state index contributed by atoms with van der Waals surface area (Å²) in [5.41, 5.74) is 2.70. The first-order valence-corrected chi connectivity index (χ1v) is 11.0. The van der Waals surface area contributed by atoms with Crippen molar-refractivity contribution >= 4 is 5.91 Å². The number of piperidine rings is 1. The van der Waals surface area contributed by atoms with Gasteiger partial charge < -0.3 is 14.8 Å². The quantitative estimate of drug-likeness (QED) is 0.575. The Hall–Kier alpha value is -3.38. The van der Waals surface area contributed by atoms with Crippen molar-refractivity contribution < 1.29 is 14.3 Å². The van der Waals surface area contributed by atoms with E-state index in [0.29, 0.717) is 17.4 Å². The van der Waals surface area contributed by atoms with Crippen LogP contribution in [0.4, 0.5) is 0 Å². The molecular weight excluding hydrogens is 402 g/mol. The summed E-state index contributed by atoms with van der Waals surface area (Å²) in [4.78, 5) is 18.9. The zero-order chi connectivity index (χ0) is 22.2. The van der Waals surface area contributed by atoms with Gasteiger partial charge in [0.15, 0.2) is 6.61 Å². The van der Waals surface area contributed by atoms with Crippen molar-refractivity contribution in [3.05, 3.63) is 84.1 Å². The summed E-state index contributed by atoms with van der Waals surface area (Å²) in [7, 11) is 0. The highest BCUT2D eigenvalue weighted by Crippen LogP contribution is 2.22. The third-order valence-corrected chi connectivity index (χ3v) is 5.66. The van der Waals surface area contributed by atoms with E-state index in [0.717, 1.165) is 32.5 Å². The first-order valence-electron chi connectivity index (χ1n) is 11.0. The molecular formula is C26H29N3O3. The smallest absolute Gasteiger partial charge is 0.258 e. The second-order valence-electron chi connectivity index (χ2n) is 8.07. The highest BCUT2D eigenvalue weighted by Gasteiger charge is 2.21. The number of carbonyl (C=O) groups excluding carboxylic acids is 1. The van der Waals surface area contributed by atoms with Gasteiger partial charge in [-0.3, -0.25) is 9.69 Å². The number of rotatable bonds is 8. The average Bonchev–Trinajstić information content (AvgIpc) is 2.82. The Bertz CT molecular complexity index is 1000. The van der Waals surface area contributed by atoms with E-state index < -0.39 is 0 Å². The molecule has 1 amide bonds. The molecule has 6 nitrogen and oxygen atoms in total. The Balaban J connectivity index is 1.17. The molecule has 0 atom stereocenters. The van der Waals surface area contributed by atoms with Gasteiger partial charge in [-0.25, -0.2) is 4.98 Å². The molecule has 2 heterocycles. The van der Waals surface area contributed by atoms with Gasteiger partial charge in [0.2, 0.25) is 5.88 Å². The summed E-state index contributed by atoms with van der Waals surface area (Å²) < 4.78 is 11.3. The molecule has 1 N–H and O–H groups in total. The molecule has 0 spiro atoms. The molecule has 1 saturated heterocycles. The maximum atomic E-state index is 12.3. The van der Waals surface area contributed by atoms with Gasteiger partial charge in [0.25, 0.3) is 5.91 Å². The summed E-state index contributed by atoms with van der Waals surface area (Å²) in [6.45, 7) is 5.10. The Morgan fingerprint density at radius 2 is 1.72 bits per heavy atom. The predicted octanol–water partition coefficient (Wildman–Crippen LogP) is 4.34. The van der Waals surface area contributed by atoms with Crippen LogP contribution in [0.5, 0.6) is 17.4 Å². The van der Waals surface area contributed by atoms with Crippen LogP contribution in [0, 0.1) is 6.92 Å². The number of benzene rings is 2. The fraction of sp³-hybridized carbons (Fsp3) is 0.308. The van der Waals surface area contributed by atoms with E-state index in [1.807, 2.05) is 12.1 Å². The van der Waals surface area contributed by atoms with Crippen LogP contribution < -0.4 is 14.8 Å². The molecule has 1 aliphatic heterocycles. The molecule has 6 heteroatoms. The summed E-state index contributed by atoms with van der Waals surface area (Å²) in [5.74, 6) is 1.74. The molecule has 1 fully saturated rings. The zero-order valence-corrected chi connectivity index (χ0v) is 18.4. The summed E-state index contributed by atoms with van der Waals surface area (Å²) in [5, 5.41) is 3.11. The molecule has 1 aromatic heterocycles. The third-order valence-electron chi connectivity index (χ3n) is 5.66. The van der Waals surface area contributed by atoms with Crippen LogP contribution in [0.15, 0.2) is 72.9 Å². The van der Waals surface area contributed by atoms with Crippen LogP contribution in [0.2, 0.25) is 0 Å². The predicted molar refractivity (Wildman–Crippen MR) is 124 cm³/mol. The molecule has 166 valence electrons. The minimum Gasteiger partial charge on any atom is -0.484 e. The second kappa shape index (κ2) is 10.8. The van der Waals surface area contributed by atoms with Gasteiger partial charge in [-0.1, -0.05) is 30.3 Å². The number of hydrogen-bond acceptors (Lipinski definition) is 5. The molecule has 1 aliphatic rings. The molecule has 3 aromatic rings. The van der Waals surface area contributed by atoms with Crippen LogP contribution in [0.1, 0.15) is 24.0 Å². The zero-order valence-electron chi connectivity index (χ0n) is 18.4. The number of aromatic nitrogens is 1. The molecule has 0 saturated carbocycles. The van der Waals surface area contributed by atoms with E-state index in [2.05, 4.69) is 46.4 Å². The highest BCUT2D eigenvalue weighted by atomic mass is 16.5. The van der Waals surface area contributed by atoms with Gasteiger partial charge in [-0.2, -0.15) is 0 Å². The fourth-order valence-electron chi connectivity index (χ4n) is 3.81. The van der Waals surface area contributed by atoms with E-state index in [9.17, 15) is 4.79 Å². The van der Waals surface area contributed by atoms with Gasteiger partial charge in [-0.05, 0) is 61.2 Å². The lowest BCUT2D eigenvalue weighted by molar-refractivity contribution is -0.124.